The van der Waals surface area contributed by atoms with Crippen molar-refractivity contribution in [2.24, 2.45) is 0 Å². The van der Waals surface area contributed by atoms with E-state index in [0.717, 1.165) is 5.56 Å². The van der Waals surface area contributed by atoms with Gasteiger partial charge < -0.3 is 14.6 Å². The molecule has 1 aromatic carbocycles. The van der Waals surface area contributed by atoms with Gasteiger partial charge in [-0.2, -0.15) is 0 Å². The topological polar surface area (TPSA) is 55.8 Å². The van der Waals surface area contributed by atoms with Gasteiger partial charge in [0.15, 0.2) is 11.5 Å². The van der Waals surface area contributed by atoms with Crippen LogP contribution in [0.15, 0.2) is 60.7 Å². The van der Waals surface area contributed by atoms with E-state index in [-0.39, 0.29) is 12.4 Å². The third-order valence-electron chi connectivity index (χ3n) is 3.03. The molecule has 4 heteroatoms. The number of ether oxygens (including phenoxy) is 2. The number of phenols is 1. The minimum Gasteiger partial charge on any atom is -0.504 e. The Morgan fingerprint density at radius 1 is 1.19 bits per heavy atom. The molecule has 27 heavy (non-hydrogen) atoms. The van der Waals surface area contributed by atoms with Gasteiger partial charge in [0, 0.05) is 6.08 Å². The molecule has 0 radical (unpaired) electrons. The average Bonchev–Trinajstić information content (AvgIpc) is 2.68. The van der Waals surface area contributed by atoms with Crippen LogP contribution in [0.4, 0.5) is 0 Å². The molecular weight excluding hydrogens is 340 g/mol. The molecular formula is C23H22O4. The van der Waals surface area contributed by atoms with Crippen LogP contribution in [0.3, 0.4) is 0 Å². The maximum atomic E-state index is 11.7. The molecule has 0 saturated heterocycles. The maximum absolute atomic E-state index is 11.7. The number of aromatic hydroxyl groups is 1. The summed E-state index contributed by atoms with van der Waals surface area (Å²) in [6.07, 6.45) is 14.3. The number of hydrogen-bond donors (Lipinski definition) is 1. The molecule has 4 nitrogen and oxygen atoms in total. The van der Waals surface area contributed by atoms with Crippen molar-refractivity contribution in [3.63, 3.8) is 0 Å². The zero-order chi connectivity index (χ0) is 19.7. The van der Waals surface area contributed by atoms with E-state index in [1.165, 1.54) is 19.3 Å². The molecule has 0 spiro atoms. The van der Waals surface area contributed by atoms with Gasteiger partial charge in [-0.1, -0.05) is 42.2 Å². The number of rotatable bonds is 7. The Labute approximate surface area is 160 Å². The van der Waals surface area contributed by atoms with Crippen molar-refractivity contribution in [1.82, 2.24) is 0 Å². The summed E-state index contributed by atoms with van der Waals surface area (Å²) in [5.74, 6) is 10.9. The van der Waals surface area contributed by atoms with E-state index < -0.39 is 5.97 Å². The Morgan fingerprint density at radius 2 is 1.96 bits per heavy atom. The van der Waals surface area contributed by atoms with Crippen LogP contribution in [0.1, 0.15) is 18.9 Å². The average molecular weight is 362 g/mol. The van der Waals surface area contributed by atoms with Crippen LogP contribution in [0.5, 0.6) is 11.5 Å². The Kier molecular flexibility index (Phi) is 10.8. The lowest BCUT2D eigenvalue weighted by atomic mass is 10.2. The lowest BCUT2D eigenvalue weighted by Crippen LogP contribution is -2.01. The van der Waals surface area contributed by atoms with Gasteiger partial charge in [-0.05, 0) is 61.1 Å². The van der Waals surface area contributed by atoms with Crippen molar-refractivity contribution < 1.29 is 19.4 Å². The van der Waals surface area contributed by atoms with Crippen LogP contribution in [-0.2, 0) is 9.53 Å². The van der Waals surface area contributed by atoms with E-state index in [9.17, 15) is 9.90 Å². The molecule has 0 fully saturated rings. The van der Waals surface area contributed by atoms with E-state index in [0.29, 0.717) is 12.2 Å². The van der Waals surface area contributed by atoms with E-state index in [2.05, 4.69) is 23.7 Å². The zero-order valence-electron chi connectivity index (χ0n) is 15.4. The van der Waals surface area contributed by atoms with Crippen LogP contribution in [0, 0.1) is 23.7 Å². The first-order chi connectivity index (χ1) is 13.2. The number of allylic oxidation sites excluding steroid dienone is 5. The Balaban J connectivity index is 2.30. The van der Waals surface area contributed by atoms with Crippen molar-refractivity contribution in [3.05, 3.63) is 66.3 Å². The molecule has 0 amide bonds. The quantitative estimate of drug-likeness (QED) is 0.261. The first-order valence-electron chi connectivity index (χ1n) is 8.33. The van der Waals surface area contributed by atoms with E-state index in [4.69, 9.17) is 9.47 Å². The van der Waals surface area contributed by atoms with Crippen molar-refractivity contribution in [2.75, 3.05) is 13.7 Å². The summed E-state index contributed by atoms with van der Waals surface area (Å²) in [4.78, 5) is 11.7. The number of benzene rings is 1. The minimum absolute atomic E-state index is 0.0469. The third kappa shape index (κ3) is 10.1. The Bertz CT molecular complexity index is 850. The van der Waals surface area contributed by atoms with Crippen LogP contribution < -0.4 is 4.74 Å². The zero-order valence-corrected chi connectivity index (χ0v) is 15.4. The van der Waals surface area contributed by atoms with Gasteiger partial charge in [0.05, 0.1) is 13.7 Å². The van der Waals surface area contributed by atoms with Crippen molar-refractivity contribution in [2.45, 2.75) is 13.3 Å². The largest absolute Gasteiger partial charge is 0.504 e. The molecule has 1 rings (SSSR count). The number of phenolic OH excluding ortho intramolecular Hbond substituents is 1. The van der Waals surface area contributed by atoms with Crippen LogP contribution in [-0.4, -0.2) is 24.8 Å². The molecule has 0 unspecified atom stereocenters. The summed E-state index contributed by atoms with van der Waals surface area (Å²) in [5, 5.41) is 9.52. The van der Waals surface area contributed by atoms with Gasteiger partial charge in [0.1, 0.15) is 0 Å². The van der Waals surface area contributed by atoms with Gasteiger partial charge in [-0.3, -0.25) is 0 Å². The molecule has 1 aromatic rings. The predicted molar refractivity (Wildman–Crippen MR) is 108 cm³/mol. The Hall–Kier alpha value is -3.63. The first-order valence-corrected chi connectivity index (χ1v) is 8.33. The molecule has 0 aromatic heterocycles. The van der Waals surface area contributed by atoms with Crippen LogP contribution in [0.25, 0.3) is 6.08 Å². The highest BCUT2D eigenvalue weighted by atomic mass is 16.5. The fraction of sp³-hybridized carbons (Fsp3) is 0.174. The molecule has 0 saturated carbocycles. The van der Waals surface area contributed by atoms with Crippen LogP contribution in [0.2, 0.25) is 0 Å². The summed E-state index contributed by atoms with van der Waals surface area (Å²) in [5.41, 5.74) is 0.725. The molecule has 0 aliphatic carbocycles. The smallest absolute Gasteiger partial charge is 0.330 e. The van der Waals surface area contributed by atoms with Crippen molar-refractivity contribution in [3.8, 4) is 35.2 Å². The number of carbonyl (C=O) groups excluding carboxylic acids is 1. The molecule has 0 aliphatic heterocycles. The highest BCUT2D eigenvalue weighted by Gasteiger charge is 2.01. The van der Waals surface area contributed by atoms with E-state index in [1.54, 1.807) is 36.4 Å². The molecule has 0 aliphatic rings. The summed E-state index contributed by atoms with van der Waals surface area (Å²) in [6.45, 7) is 2.18. The van der Waals surface area contributed by atoms with Gasteiger partial charge in [0.25, 0.3) is 0 Å². The second-order valence-corrected chi connectivity index (χ2v) is 5.05. The Morgan fingerprint density at radius 3 is 2.70 bits per heavy atom. The highest BCUT2D eigenvalue weighted by molar-refractivity contribution is 5.87. The lowest BCUT2D eigenvalue weighted by molar-refractivity contribution is -0.137. The first kappa shape index (κ1) is 21.4. The normalized spacial score (nSPS) is 10.7. The monoisotopic (exact) mass is 362 g/mol. The molecule has 0 heterocycles. The summed E-state index contributed by atoms with van der Waals surface area (Å²) in [7, 11) is 1.46. The molecule has 1 N–H and O–H groups in total. The van der Waals surface area contributed by atoms with Gasteiger partial charge >= 0.3 is 5.97 Å². The highest BCUT2D eigenvalue weighted by Crippen LogP contribution is 2.26. The predicted octanol–water partition coefficient (Wildman–Crippen LogP) is 4.04. The maximum Gasteiger partial charge on any atom is 0.330 e. The van der Waals surface area contributed by atoms with Crippen LogP contribution >= 0.6 is 0 Å². The van der Waals surface area contributed by atoms with E-state index >= 15 is 0 Å². The van der Waals surface area contributed by atoms with Gasteiger partial charge in [-0.15, -0.1) is 0 Å². The van der Waals surface area contributed by atoms with Gasteiger partial charge in [-0.25, -0.2) is 4.79 Å². The summed E-state index contributed by atoms with van der Waals surface area (Å²) < 4.78 is 10.1. The lowest BCUT2D eigenvalue weighted by Gasteiger charge is -2.03. The number of carbonyl (C=O) groups is 1. The molecule has 0 atom stereocenters. The fourth-order valence-corrected chi connectivity index (χ4v) is 1.76. The minimum atomic E-state index is -0.434. The van der Waals surface area contributed by atoms with Gasteiger partial charge in [0.2, 0.25) is 0 Å². The third-order valence-corrected chi connectivity index (χ3v) is 3.03. The molecule has 138 valence electrons. The van der Waals surface area contributed by atoms with Crippen molar-refractivity contribution in [1.29, 1.82) is 0 Å². The second-order valence-electron chi connectivity index (χ2n) is 5.05. The SMILES string of the molecule is CC=CC#CC#CC=CC=CCCOC(=O)C=Cc1ccc(O)c(OC)c1. The second kappa shape index (κ2) is 13.6. The fourth-order valence-electron chi connectivity index (χ4n) is 1.76. The number of hydrogen-bond acceptors (Lipinski definition) is 4. The van der Waals surface area contributed by atoms with Crippen molar-refractivity contribution >= 4 is 12.0 Å². The summed E-state index contributed by atoms with van der Waals surface area (Å²) in [6, 6.07) is 4.80. The standard InChI is InChI=1S/C23H22O4/c1-3-4-5-6-7-8-9-10-11-12-13-18-27-23(25)17-15-20-14-16-21(24)22(19-20)26-2/h3-4,9-12,14-17,19,24H,13,18H2,1-2H3. The molecule has 0 bridgehead atoms. The van der Waals surface area contributed by atoms with E-state index in [1.807, 2.05) is 25.2 Å². The summed E-state index contributed by atoms with van der Waals surface area (Å²) >= 11 is 0. The number of methoxy groups -OCH3 is 1. The number of esters is 1.